The van der Waals surface area contributed by atoms with E-state index in [9.17, 15) is 18.4 Å². The number of benzene rings is 1. The molecule has 0 spiro atoms. The third-order valence-electron chi connectivity index (χ3n) is 5.37. The van der Waals surface area contributed by atoms with E-state index in [0.29, 0.717) is 44.2 Å². The Kier molecular flexibility index (Phi) is 5.21. The first-order valence-electron chi connectivity index (χ1n) is 9.76. The molecular formula is C20H22F2N4O3. The van der Waals surface area contributed by atoms with E-state index >= 15 is 0 Å². The molecule has 2 aliphatic rings. The summed E-state index contributed by atoms with van der Waals surface area (Å²) in [7, 11) is 0. The molecule has 1 aliphatic carbocycles. The third kappa shape index (κ3) is 3.56. The molecule has 4 rings (SSSR count). The number of halogens is 2. The van der Waals surface area contributed by atoms with Crippen molar-refractivity contribution in [1.29, 1.82) is 0 Å². The maximum atomic E-state index is 13.7. The van der Waals surface area contributed by atoms with Gasteiger partial charge in [0, 0.05) is 43.5 Å². The van der Waals surface area contributed by atoms with Gasteiger partial charge in [0.05, 0.1) is 12.3 Å². The number of aromatic nitrogens is 2. The molecular weight excluding hydrogens is 382 g/mol. The van der Waals surface area contributed by atoms with E-state index in [2.05, 4.69) is 5.10 Å². The molecule has 2 heterocycles. The lowest BCUT2D eigenvalue weighted by Gasteiger charge is -2.33. The van der Waals surface area contributed by atoms with Gasteiger partial charge in [0.2, 0.25) is 0 Å². The van der Waals surface area contributed by atoms with Crippen molar-refractivity contribution in [3.05, 3.63) is 46.8 Å². The molecule has 0 atom stereocenters. The van der Waals surface area contributed by atoms with Crippen LogP contribution in [0.2, 0.25) is 0 Å². The van der Waals surface area contributed by atoms with E-state index in [4.69, 9.17) is 4.74 Å². The summed E-state index contributed by atoms with van der Waals surface area (Å²) >= 11 is 0. The number of nitrogens with zero attached hydrogens (tertiary/aromatic N) is 4. The van der Waals surface area contributed by atoms with Gasteiger partial charge in [-0.05, 0) is 38.3 Å². The Labute approximate surface area is 166 Å². The number of hydrogen-bond donors (Lipinski definition) is 0. The van der Waals surface area contributed by atoms with E-state index in [1.807, 2.05) is 0 Å². The van der Waals surface area contributed by atoms with Crippen LogP contribution in [0.3, 0.4) is 0 Å². The Balaban J connectivity index is 1.56. The smallest absolute Gasteiger partial charge is 0.409 e. The molecule has 1 saturated heterocycles. The van der Waals surface area contributed by atoms with E-state index in [1.165, 1.54) is 6.07 Å². The zero-order valence-corrected chi connectivity index (χ0v) is 16.2. The normalized spacial score (nSPS) is 16.1. The summed E-state index contributed by atoms with van der Waals surface area (Å²) in [5.74, 6) is -2.07. The Hall–Kier alpha value is -2.97. The Morgan fingerprint density at radius 3 is 2.48 bits per heavy atom. The second-order valence-corrected chi connectivity index (χ2v) is 7.12. The van der Waals surface area contributed by atoms with Crippen LogP contribution in [0.15, 0.2) is 18.2 Å². The van der Waals surface area contributed by atoms with Crippen molar-refractivity contribution in [2.45, 2.75) is 26.2 Å². The molecule has 1 aliphatic heterocycles. The number of amides is 2. The van der Waals surface area contributed by atoms with Crippen molar-refractivity contribution >= 4 is 12.0 Å². The van der Waals surface area contributed by atoms with Crippen LogP contribution in [-0.2, 0) is 17.6 Å². The first kappa shape index (κ1) is 19.4. The number of ether oxygens (including phenoxy) is 1. The highest BCUT2D eigenvalue weighted by molar-refractivity contribution is 5.94. The fourth-order valence-corrected chi connectivity index (χ4v) is 3.90. The van der Waals surface area contributed by atoms with Crippen molar-refractivity contribution < 1.29 is 23.1 Å². The average Bonchev–Trinajstić information content (AvgIpc) is 3.33. The summed E-state index contributed by atoms with van der Waals surface area (Å²) < 4.78 is 33.5. The average molecular weight is 404 g/mol. The van der Waals surface area contributed by atoms with Crippen molar-refractivity contribution in [2.75, 3.05) is 32.8 Å². The van der Waals surface area contributed by atoms with Crippen LogP contribution in [0.5, 0.6) is 0 Å². The quantitative estimate of drug-likeness (QED) is 0.789. The van der Waals surface area contributed by atoms with Gasteiger partial charge in [-0.3, -0.25) is 4.79 Å². The van der Waals surface area contributed by atoms with E-state index in [1.54, 1.807) is 21.4 Å². The lowest BCUT2D eigenvalue weighted by atomic mass is 10.1. The summed E-state index contributed by atoms with van der Waals surface area (Å²) in [5.41, 5.74) is 2.48. The van der Waals surface area contributed by atoms with E-state index in [0.717, 1.165) is 42.7 Å². The molecule has 0 bridgehead atoms. The predicted octanol–water partition coefficient (Wildman–Crippen LogP) is 2.55. The highest BCUT2D eigenvalue weighted by Crippen LogP contribution is 2.29. The van der Waals surface area contributed by atoms with Gasteiger partial charge in [-0.25, -0.2) is 18.3 Å². The largest absolute Gasteiger partial charge is 0.450 e. The Morgan fingerprint density at radius 1 is 1.07 bits per heavy atom. The molecule has 0 saturated carbocycles. The second-order valence-electron chi connectivity index (χ2n) is 7.12. The van der Waals surface area contributed by atoms with Gasteiger partial charge in [-0.2, -0.15) is 5.10 Å². The molecule has 1 aromatic carbocycles. The van der Waals surface area contributed by atoms with Crippen LogP contribution in [-0.4, -0.2) is 64.4 Å². The van der Waals surface area contributed by atoms with Crippen molar-refractivity contribution in [2.24, 2.45) is 0 Å². The van der Waals surface area contributed by atoms with E-state index < -0.39 is 11.6 Å². The summed E-state index contributed by atoms with van der Waals surface area (Å²) in [4.78, 5) is 28.2. The van der Waals surface area contributed by atoms with Crippen LogP contribution in [0.4, 0.5) is 13.6 Å². The van der Waals surface area contributed by atoms with Gasteiger partial charge in [-0.15, -0.1) is 0 Å². The third-order valence-corrected chi connectivity index (χ3v) is 5.37. The predicted molar refractivity (Wildman–Crippen MR) is 100 cm³/mol. The molecule has 9 heteroatoms. The summed E-state index contributed by atoms with van der Waals surface area (Å²) in [6.07, 6.45) is 1.96. The number of hydrogen-bond acceptors (Lipinski definition) is 4. The first-order chi connectivity index (χ1) is 14.0. The zero-order valence-electron chi connectivity index (χ0n) is 16.2. The van der Waals surface area contributed by atoms with Crippen molar-refractivity contribution in [3.63, 3.8) is 0 Å². The molecule has 2 amide bonds. The van der Waals surface area contributed by atoms with Crippen LogP contribution >= 0.6 is 0 Å². The van der Waals surface area contributed by atoms with Gasteiger partial charge < -0.3 is 14.5 Å². The van der Waals surface area contributed by atoms with Gasteiger partial charge in [0.25, 0.3) is 5.91 Å². The molecule has 29 heavy (non-hydrogen) atoms. The van der Waals surface area contributed by atoms with Crippen molar-refractivity contribution in [3.8, 4) is 5.69 Å². The minimum Gasteiger partial charge on any atom is -0.450 e. The number of carbonyl (C=O) groups excluding carboxylic acids is 2. The van der Waals surface area contributed by atoms with Crippen LogP contribution in [0.1, 0.15) is 35.1 Å². The van der Waals surface area contributed by atoms with Crippen LogP contribution in [0.25, 0.3) is 5.69 Å². The van der Waals surface area contributed by atoms with Crippen LogP contribution < -0.4 is 0 Å². The van der Waals surface area contributed by atoms with Gasteiger partial charge in [-0.1, -0.05) is 0 Å². The molecule has 2 aromatic rings. The monoisotopic (exact) mass is 404 g/mol. The van der Waals surface area contributed by atoms with Crippen molar-refractivity contribution in [1.82, 2.24) is 19.6 Å². The lowest BCUT2D eigenvalue weighted by molar-refractivity contribution is 0.0564. The summed E-state index contributed by atoms with van der Waals surface area (Å²) in [6, 6.07) is 3.60. The lowest BCUT2D eigenvalue weighted by Crippen LogP contribution is -2.51. The van der Waals surface area contributed by atoms with Gasteiger partial charge >= 0.3 is 6.09 Å². The maximum absolute atomic E-state index is 13.7. The number of piperazine rings is 1. The first-order valence-corrected chi connectivity index (χ1v) is 9.76. The summed E-state index contributed by atoms with van der Waals surface area (Å²) in [5, 5.41) is 4.46. The highest BCUT2D eigenvalue weighted by atomic mass is 19.2. The SMILES string of the molecule is CCOC(=O)N1CCN(C(=O)c2nn(-c3ccc(F)c(F)c3)c3c2CCC3)CC1. The summed E-state index contributed by atoms with van der Waals surface area (Å²) in [6.45, 7) is 3.65. The Morgan fingerprint density at radius 2 is 1.79 bits per heavy atom. The fraction of sp³-hybridized carbons (Fsp3) is 0.450. The molecule has 1 aromatic heterocycles. The zero-order chi connectivity index (χ0) is 20.5. The number of carbonyl (C=O) groups is 2. The topological polar surface area (TPSA) is 67.7 Å². The highest BCUT2D eigenvalue weighted by Gasteiger charge is 2.32. The van der Waals surface area contributed by atoms with E-state index in [-0.39, 0.29) is 12.0 Å². The minimum absolute atomic E-state index is 0.201. The molecule has 0 N–H and O–H groups in total. The Bertz CT molecular complexity index is 951. The molecule has 1 fully saturated rings. The molecule has 7 nitrogen and oxygen atoms in total. The molecule has 0 unspecified atom stereocenters. The fourth-order valence-electron chi connectivity index (χ4n) is 3.90. The second kappa shape index (κ2) is 7.81. The van der Waals surface area contributed by atoms with Crippen LogP contribution in [0, 0.1) is 11.6 Å². The minimum atomic E-state index is -0.951. The number of fused-ring (bicyclic) bond motifs is 1. The molecule has 154 valence electrons. The maximum Gasteiger partial charge on any atom is 0.409 e. The standard InChI is InChI=1S/C20H22F2N4O3/c1-2-29-20(28)25-10-8-24(9-11-25)19(27)18-14-4-3-5-17(14)26(23-18)13-6-7-15(21)16(22)12-13/h6-7,12H,2-5,8-11H2,1H3. The molecule has 0 radical (unpaired) electrons. The van der Waals surface area contributed by atoms with Gasteiger partial charge in [0.15, 0.2) is 17.3 Å². The number of rotatable bonds is 3. The van der Waals surface area contributed by atoms with Gasteiger partial charge in [0.1, 0.15) is 0 Å².